The molecule has 1 aromatic rings. The van der Waals surface area contributed by atoms with Crippen LogP contribution in [0.1, 0.15) is 44.7 Å². The van der Waals surface area contributed by atoms with Crippen molar-refractivity contribution in [3.05, 3.63) is 35.4 Å². The van der Waals surface area contributed by atoms with Crippen LogP contribution in [0.25, 0.3) is 0 Å². The molecular formula is C15H25NO. The number of nitrogens with two attached hydrogens (primary N) is 1. The quantitative estimate of drug-likeness (QED) is 0.787. The van der Waals surface area contributed by atoms with E-state index in [0.717, 1.165) is 19.3 Å². The van der Waals surface area contributed by atoms with Crippen molar-refractivity contribution in [2.75, 3.05) is 6.54 Å². The largest absolute Gasteiger partial charge is 0.369 e. The maximum Gasteiger partial charge on any atom is 0.0803 e. The van der Waals surface area contributed by atoms with Gasteiger partial charge in [0.15, 0.2) is 0 Å². The molecule has 0 unspecified atom stereocenters. The van der Waals surface area contributed by atoms with Crippen LogP contribution in [-0.2, 0) is 17.8 Å². The summed E-state index contributed by atoms with van der Waals surface area (Å²) in [5.41, 5.74) is 8.25. The molecule has 2 N–H and O–H groups in total. The first-order valence-electron chi connectivity index (χ1n) is 6.61. The van der Waals surface area contributed by atoms with Gasteiger partial charge in [-0.1, -0.05) is 45.0 Å². The molecule has 0 aromatic heterocycles. The van der Waals surface area contributed by atoms with Crippen molar-refractivity contribution in [1.29, 1.82) is 0 Å². The molecule has 0 spiro atoms. The average molecular weight is 235 g/mol. The molecule has 1 rings (SSSR count). The van der Waals surface area contributed by atoms with Crippen LogP contribution in [0, 0.1) is 0 Å². The Balaban J connectivity index is 2.59. The second kappa shape index (κ2) is 6.77. The molecule has 17 heavy (non-hydrogen) atoms. The van der Waals surface area contributed by atoms with Crippen LogP contribution in [0.4, 0.5) is 0 Å². The minimum absolute atomic E-state index is 0.149. The van der Waals surface area contributed by atoms with Gasteiger partial charge in [-0.05, 0) is 30.4 Å². The number of rotatable bonds is 7. The van der Waals surface area contributed by atoms with E-state index >= 15 is 0 Å². The summed E-state index contributed by atoms with van der Waals surface area (Å²) in [5, 5.41) is 0. The van der Waals surface area contributed by atoms with Gasteiger partial charge < -0.3 is 10.5 Å². The third kappa shape index (κ3) is 3.83. The second-order valence-corrected chi connectivity index (χ2v) is 4.55. The fourth-order valence-electron chi connectivity index (χ4n) is 1.91. The standard InChI is InChI=1S/C15H25NO/c1-4-13-7-9-14(10-8-13)11-17-15(5-2,6-3)12-16/h7-10H,4-6,11-12,16H2,1-3H3. The molecule has 0 fully saturated rings. The molecule has 0 atom stereocenters. The smallest absolute Gasteiger partial charge is 0.0803 e. The molecule has 0 amide bonds. The van der Waals surface area contributed by atoms with E-state index in [0.29, 0.717) is 13.2 Å². The van der Waals surface area contributed by atoms with E-state index in [-0.39, 0.29) is 5.60 Å². The van der Waals surface area contributed by atoms with E-state index in [1.165, 1.54) is 11.1 Å². The lowest BCUT2D eigenvalue weighted by Crippen LogP contribution is -2.39. The van der Waals surface area contributed by atoms with E-state index in [1.807, 2.05) is 0 Å². The third-order valence-corrected chi connectivity index (χ3v) is 3.64. The lowest BCUT2D eigenvalue weighted by Gasteiger charge is -2.30. The summed E-state index contributed by atoms with van der Waals surface area (Å²) in [6.07, 6.45) is 3.01. The summed E-state index contributed by atoms with van der Waals surface area (Å²) >= 11 is 0. The van der Waals surface area contributed by atoms with Crippen LogP contribution < -0.4 is 5.73 Å². The average Bonchev–Trinajstić information content (AvgIpc) is 2.41. The van der Waals surface area contributed by atoms with E-state index in [4.69, 9.17) is 10.5 Å². The molecule has 0 heterocycles. The maximum atomic E-state index is 6.01. The maximum absolute atomic E-state index is 6.01. The molecule has 0 aliphatic carbocycles. The fourth-order valence-corrected chi connectivity index (χ4v) is 1.91. The van der Waals surface area contributed by atoms with E-state index in [9.17, 15) is 0 Å². The monoisotopic (exact) mass is 235 g/mol. The Kier molecular flexibility index (Phi) is 5.66. The number of aryl methyl sites for hydroxylation is 1. The van der Waals surface area contributed by atoms with Gasteiger partial charge in [0.1, 0.15) is 0 Å². The number of hydrogen-bond acceptors (Lipinski definition) is 2. The number of benzene rings is 1. The van der Waals surface area contributed by atoms with Crippen LogP contribution in [0.2, 0.25) is 0 Å². The van der Waals surface area contributed by atoms with Crippen LogP contribution in [0.5, 0.6) is 0 Å². The number of ether oxygens (including phenoxy) is 1. The first-order chi connectivity index (χ1) is 8.19. The summed E-state index contributed by atoms with van der Waals surface area (Å²) in [6.45, 7) is 7.68. The van der Waals surface area contributed by atoms with Crippen LogP contribution in [-0.4, -0.2) is 12.1 Å². The Morgan fingerprint density at radius 1 is 1.00 bits per heavy atom. The minimum atomic E-state index is -0.149. The summed E-state index contributed by atoms with van der Waals surface area (Å²) in [7, 11) is 0. The Hall–Kier alpha value is -0.860. The lowest BCUT2D eigenvalue weighted by atomic mass is 9.97. The highest BCUT2D eigenvalue weighted by Crippen LogP contribution is 2.21. The molecule has 0 aliphatic heterocycles. The zero-order chi connectivity index (χ0) is 12.7. The first kappa shape index (κ1) is 14.2. The van der Waals surface area contributed by atoms with Gasteiger partial charge >= 0.3 is 0 Å². The minimum Gasteiger partial charge on any atom is -0.369 e. The highest BCUT2D eigenvalue weighted by atomic mass is 16.5. The second-order valence-electron chi connectivity index (χ2n) is 4.55. The van der Waals surface area contributed by atoms with Crippen molar-refractivity contribution in [2.24, 2.45) is 5.73 Å². The van der Waals surface area contributed by atoms with Gasteiger partial charge in [-0.25, -0.2) is 0 Å². The molecule has 0 radical (unpaired) electrons. The fraction of sp³-hybridized carbons (Fsp3) is 0.600. The molecular weight excluding hydrogens is 210 g/mol. The summed E-state index contributed by atoms with van der Waals surface area (Å²) in [6, 6.07) is 8.62. The summed E-state index contributed by atoms with van der Waals surface area (Å²) < 4.78 is 6.01. The highest BCUT2D eigenvalue weighted by Gasteiger charge is 2.24. The molecule has 0 saturated heterocycles. The molecule has 0 bridgehead atoms. The Morgan fingerprint density at radius 2 is 1.53 bits per heavy atom. The van der Waals surface area contributed by atoms with Crippen molar-refractivity contribution >= 4 is 0 Å². The van der Waals surface area contributed by atoms with Gasteiger partial charge in [0.05, 0.1) is 12.2 Å². The van der Waals surface area contributed by atoms with Crippen molar-refractivity contribution in [1.82, 2.24) is 0 Å². The molecule has 2 nitrogen and oxygen atoms in total. The van der Waals surface area contributed by atoms with Crippen LogP contribution in [0.15, 0.2) is 24.3 Å². The normalized spacial score (nSPS) is 11.8. The third-order valence-electron chi connectivity index (χ3n) is 3.64. The first-order valence-corrected chi connectivity index (χ1v) is 6.61. The lowest BCUT2D eigenvalue weighted by molar-refractivity contribution is -0.0553. The van der Waals surface area contributed by atoms with Gasteiger partial charge in [-0.15, -0.1) is 0 Å². The van der Waals surface area contributed by atoms with Gasteiger partial charge in [0.25, 0.3) is 0 Å². The van der Waals surface area contributed by atoms with Gasteiger partial charge in [0.2, 0.25) is 0 Å². The van der Waals surface area contributed by atoms with Crippen molar-refractivity contribution in [2.45, 2.75) is 52.2 Å². The van der Waals surface area contributed by atoms with Crippen LogP contribution in [0.3, 0.4) is 0 Å². The molecule has 96 valence electrons. The Bertz CT molecular complexity index is 306. The Labute approximate surface area is 105 Å². The van der Waals surface area contributed by atoms with E-state index in [2.05, 4.69) is 45.0 Å². The molecule has 2 heteroatoms. The zero-order valence-corrected chi connectivity index (χ0v) is 11.3. The van der Waals surface area contributed by atoms with Crippen molar-refractivity contribution < 1.29 is 4.74 Å². The van der Waals surface area contributed by atoms with Crippen LogP contribution >= 0.6 is 0 Å². The SMILES string of the molecule is CCc1ccc(COC(CC)(CC)CN)cc1. The molecule has 1 aromatic carbocycles. The van der Waals surface area contributed by atoms with Gasteiger partial charge in [-0.3, -0.25) is 0 Å². The van der Waals surface area contributed by atoms with E-state index < -0.39 is 0 Å². The van der Waals surface area contributed by atoms with Gasteiger partial charge in [-0.2, -0.15) is 0 Å². The van der Waals surface area contributed by atoms with Crippen molar-refractivity contribution in [3.63, 3.8) is 0 Å². The van der Waals surface area contributed by atoms with E-state index in [1.54, 1.807) is 0 Å². The number of hydrogen-bond donors (Lipinski definition) is 1. The summed E-state index contributed by atoms with van der Waals surface area (Å²) in [4.78, 5) is 0. The van der Waals surface area contributed by atoms with Crippen molar-refractivity contribution in [3.8, 4) is 0 Å². The predicted octanol–water partition coefficient (Wildman–Crippen LogP) is 3.28. The zero-order valence-electron chi connectivity index (χ0n) is 11.3. The summed E-state index contributed by atoms with van der Waals surface area (Å²) in [5.74, 6) is 0. The predicted molar refractivity (Wildman–Crippen MR) is 73.0 cm³/mol. The van der Waals surface area contributed by atoms with Gasteiger partial charge in [0, 0.05) is 6.54 Å². The molecule has 0 saturated carbocycles. The topological polar surface area (TPSA) is 35.2 Å². The highest BCUT2D eigenvalue weighted by molar-refractivity contribution is 5.21. The molecule has 0 aliphatic rings. The Morgan fingerprint density at radius 3 is 1.94 bits per heavy atom.